The molecule has 0 aliphatic carbocycles. The Bertz CT molecular complexity index is 478. The highest BCUT2D eigenvalue weighted by Crippen LogP contribution is 2.33. The predicted octanol–water partition coefficient (Wildman–Crippen LogP) is 1.54. The van der Waals surface area contributed by atoms with Gasteiger partial charge in [0.2, 0.25) is 0 Å². The van der Waals surface area contributed by atoms with E-state index in [0.29, 0.717) is 13.2 Å². The van der Waals surface area contributed by atoms with Gasteiger partial charge >= 0.3 is 12.0 Å². The minimum atomic E-state index is -0.927. The summed E-state index contributed by atoms with van der Waals surface area (Å²) in [6, 6.07) is 9.61. The molecule has 114 valence electrons. The highest BCUT2D eigenvalue weighted by atomic mass is 16.5. The quantitative estimate of drug-likeness (QED) is 0.742. The highest BCUT2D eigenvalue weighted by molar-refractivity contribution is 5.74. The van der Waals surface area contributed by atoms with Crippen molar-refractivity contribution in [2.45, 2.75) is 18.9 Å². The maximum atomic E-state index is 11.6. The van der Waals surface area contributed by atoms with Gasteiger partial charge in [-0.3, -0.25) is 4.79 Å². The van der Waals surface area contributed by atoms with Crippen molar-refractivity contribution in [1.29, 1.82) is 0 Å². The van der Waals surface area contributed by atoms with Gasteiger partial charge in [-0.2, -0.15) is 0 Å². The SMILES string of the molecule is O=C(O)CCNC(=O)NC[C@@H]1CCO[C@H]1c1ccccc1. The van der Waals surface area contributed by atoms with Crippen LogP contribution in [0.5, 0.6) is 0 Å². The fourth-order valence-corrected chi connectivity index (χ4v) is 2.42. The van der Waals surface area contributed by atoms with Crippen LogP contribution in [0, 0.1) is 5.92 Å². The summed E-state index contributed by atoms with van der Waals surface area (Å²) in [6.45, 7) is 1.33. The monoisotopic (exact) mass is 292 g/mol. The van der Waals surface area contributed by atoms with Crippen LogP contribution < -0.4 is 10.6 Å². The molecule has 0 saturated carbocycles. The van der Waals surface area contributed by atoms with Crippen molar-refractivity contribution in [2.24, 2.45) is 5.92 Å². The molecule has 2 amide bonds. The second kappa shape index (κ2) is 7.64. The van der Waals surface area contributed by atoms with Gasteiger partial charge in [-0.1, -0.05) is 30.3 Å². The summed E-state index contributed by atoms with van der Waals surface area (Å²) in [5.74, 6) is -0.693. The van der Waals surface area contributed by atoms with E-state index >= 15 is 0 Å². The van der Waals surface area contributed by atoms with Gasteiger partial charge in [-0.05, 0) is 12.0 Å². The fraction of sp³-hybridized carbons (Fsp3) is 0.467. The van der Waals surface area contributed by atoms with Gasteiger partial charge in [0.15, 0.2) is 0 Å². The Kier molecular flexibility index (Phi) is 5.57. The molecule has 0 unspecified atom stereocenters. The van der Waals surface area contributed by atoms with Crippen molar-refractivity contribution < 1.29 is 19.4 Å². The van der Waals surface area contributed by atoms with Crippen LogP contribution in [0.3, 0.4) is 0 Å². The first kappa shape index (κ1) is 15.3. The molecule has 0 radical (unpaired) electrons. The number of nitrogens with one attached hydrogen (secondary N) is 2. The Morgan fingerprint density at radius 3 is 2.71 bits per heavy atom. The van der Waals surface area contributed by atoms with E-state index in [1.54, 1.807) is 0 Å². The molecule has 0 aromatic heterocycles. The topological polar surface area (TPSA) is 87.7 Å². The molecule has 1 aromatic rings. The first-order valence-electron chi connectivity index (χ1n) is 7.07. The van der Waals surface area contributed by atoms with Gasteiger partial charge in [-0.15, -0.1) is 0 Å². The minimum absolute atomic E-state index is 0.00511. The molecule has 3 N–H and O–H groups in total. The molecule has 1 fully saturated rings. The number of carbonyl (C=O) groups is 2. The number of amides is 2. The lowest BCUT2D eigenvalue weighted by Crippen LogP contribution is -2.39. The average molecular weight is 292 g/mol. The van der Waals surface area contributed by atoms with Crippen molar-refractivity contribution in [3.63, 3.8) is 0 Å². The molecule has 1 aromatic carbocycles. The molecular formula is C15H20N2O4. The van der Waals surface area contributed by atoms with Crippen LogP contribution in [0.15, 0.2) is 30.3 Å². The molecule has 6 heteroatoms. The van der Waals surface area contributed by atoms with Crippen LogP contribution in [0.1, 0.15) is 24.5 Å². The lowest BCUT2D eigenvalue weighted by atomic mass is 9.95. The number of carbonyl (C=O) groups excluding carboxylic acids is 1. The standard InChI is InChI=1S/C15H20N2O4/c18-13(19)6-8-16-15(20)17-10-12-7-9-21-14(12)11-4-2-1-3-5-11/h1-5,12,14H,6-10H2,(H,18,19)(H2,16,17,20)/t12-,14-/m0/s1. The number of rotatable bonds is 6. The van der Waals surface area contributed by atoms with Crippen molar-refractivity contribution in [3.05, 3.63) is 35.9 Å². The van der Waals surface area contributed by atoms with Gasteiger partial charge in [0.25, 0.3) is 0 Å². The number of hydrogen-bond acceptors (Lipinski definition) is 3. The predicted molar refractivity (Wildman–Crippen MR) is 76.9 cm³/mol. The van der Waals surface area contributed by atoms with E-state index in [9.17, 15) is 9.59 Å². The van der Waals surface area contributed by atoms with Crippen LogP contribution in [0.4, 0.5) is 4.79 Å². The molecule has 0 spiro atoms. The molecule has 1 aliphatic heterocycles. The fourth-order valence-electron chi connectivity index (χ4n) is 2.42. The zero-order valence-corrected chi connectivity index (χ0v) is 11.7. The number of carboxylic acid groups (broad SMARTS) is 1. The molecular weight excluding hydrogens is 272 g/mol. The first-order chi connectivity index (χ1) is 10.2. The number of urea groups is 1. The van der Waals surface area contributed by atoms with Gasteiger partial charge < -0.3 is 20.5 Å². The second-order valence-electron chi connectivity index (χ2n) is 5.03. The molecule has 6 nitrogen and oxygen atoms in total. The zero-order valence-electron chi connectivity index (χ0n) is 11.7. The van der Waals surface area contributed by atoms with E-state index in [1.807, 2.05) is 30.3 Å². The van der Waals surface area contributed by atoms with E-state index in [2.05, 4.69) is 10.6 Å². The molecule has 1 aliphatic rings. The lowest BCUT2D eigenvalue weighted by molar-refractivity contribution is -0.136. The van der Waals surface area contributed by atoms with E-state index < -0.39 is 5.97 Å². The third kappa shape index (κ3) is 4.75. The van der Waals surface area contributed by atoms with Crippen LogP contribution in [0.2, 0.25) is 0 Å². The minimum Gasteiger partial charge on any atom is -0.481 e. The van der Waals surface area contributed by atoms with E-state index in [4.69, 9.17) is 9.84 Å². The highest BCUT2D eigenvalue weighted by Gasteiger charge is 2.29. The number of carboxylic acids is 1. The maximum absolute atomic E-state index is 11.6. The Morgan fingerprint density at radius 1 is 1.24 bits per heavy atom. The van der Waals surface area contributed by atoms with Crippen molar-refractivity contribution >= 4 is 12.0 Å². The van der Waals surface area contributed by atoms with Gasteiger partial charge in [0, 0.05) is 25.6 Å². The van der Waals surface area contributed by atoms with Gasteiger partial charge in [-0.25, -0.2) is 4.79 Å². The number of ether oxygens (including phenoxy) is 1. The summed E-state index contributed by atoms with van der Waals surface area (Å²) in [5, 5.41) is 13.8. The zero-order chi connectivity index (χ0) is 15.1. The van der Waals surface area contributed by atoms with Crippen LogP contribution >= 0.6 is 0 Å². The molecule has 0 bridgehead atoms. The summed E-state index contributed by atoms with van der Waals surface area (Å²) < 4.78 is 5.75. The Balaban J connectivity index is 1.77. The van der Waals surface area contributed by atoms with Crippen molar-refractivity contribution in [3.8, 4) is 0 Å². The van der Waals surface area contributed by atoms with Crippen LogP contribution in [-0.4, -0.2) is 36.8 Å². The summed E-state index contributed by atoms with van der Waals surface area (Å²) >= 11 is 0. The van der Waals surface area contributed by atoms with E-state index in [1.165, 1.54) is 0 Å². The van der Waals surface area contributed by atoms with Crippen molar-refractivity contribution in [1.82, 2.24) is 10.6 Å². The number of benzene rings is 1. The molecule has 1 saturated heterocycles. The van der Waals surface area contributed by atoms with Crippen LogP contribution in [0.25, 0.3) is 0 Å². The maximum Gasteiger partial charge on any atom is 0.314 e. The molecule has 2 rings (SSSR count). The lowest BCUT2D eigenvalue weighted by Gasteiger charge is -2.19. The third-order valence-corrected chi connectivity index (χ3v) is 3.49. The number of aliphatic carboxylic acids is 1. The van der Waals surface area contributed by atoms with Gasteiger partial charge in [0.1, 0.15) is 0 Å². The van der Waals surface area contributed by atoms with E-state index in [-0.39, 0.29) is 31.0 Å². The first-order valence-corrected chi connectivity index (χ1v) is 7.07. The Hall–Kier alpha value is -2.08. The molecule has 1 heterocycles. The summed E-state index contributed by atoms with van der Waals surface area (Å²) in [7, 11) is 0. The Labute approximate surface area is 123 Å². The largest absolute Gasteiger partial charge is 0.481 e. The smallest absolute Gasteiger partial charge is 0.314 e. The van der Waals surface area contributed by atoms with E-state index in [0.717, 1.165) is 12.0 Å². The third-order valence-electron chi connectivity index (χ3n) is 3.49. The summed E-state index contributed by atoms with van der Waals surface area (Å²) in [4.78, 5) is 21.9. The molecule has 2 atom stereocenters. The summed E-state index contributed by atoms with van der Waals surface area (Å²) in [6.07, 6.45) is 0.826. The second-order valence-corrected chi connectivity index (χ2v) is 5.03. The Morgan fingerprint density at radius 2 is 2.00 bits per heavy atom. The number of hydrogen-bond donors (Lipinski definition) is 3. The normalized spacial score (nSPS) is 21.0. The van der Waals surface area contributed by atoms with Crippen molar-refractivity contribution in [2.75, 3.05) is 19.7 Å². The van der Waals surface area contributed by atoms with Gasteiger partial charge in [0.05, 0.1) is 12.5 Å². The molecule has 21 heavy (non-hydrogen) atoms. The summed E-state index contributed by atoms with van der Waals surface area (Å²) in [5.41, 5.74) is 1.12. The van der Waals surface area contributed by atoms with Crippen LogP contribution in [-0.2, 0) is 9.53 Å². The average Bonchev–Trinajstić information content (AvgIpc) is 2.94.